The zero-order chi connectivity index (χ0) is 13.9. The van der Waals surface area contributed by atoms with Crippen molar-refractivity contribution in [2.75, 3.05) is 31.2 Å². The third-order valence-electron chi connectivity index (χ3n) is 2.59. The van der Waals surface area contributed by atoms with Gasteiger partial charge in [-0.05, 0) is 20.8 Å². The fourth-order valence-corrected chi connectivity index (χ4v) is 2.93. The maximum absolute atomic E-state index is 11.8. The molecule has 1 saturated heterocycles. The summed E-state index contributed by atoms with van der Waals surface area (Å²) in [6, 6.07) is 0. The molecular formula is C12H19N3O2S2. The monoisotopic (exact) mass is 301 g/mol. The van der Waals surface area contributed by atoms with Crippen LogP contribution in [0.2, 0.25) is 0 Å². The van der Waals surface area contributed by atoms with Crippen molar-refractivity contribution in [2.45, 2.75) is 25.5 Å². The molecule has 0 aromatic carbocycles. The fraction of sp³-hybridized carbons (Fsp3) is 0.667. The molecule has 19 heavy (non-hydrogen) atoms. The highest BCUT2D eigenvalue weighted by molar-refractivity contribution is 7.91. The predicted octanol–water partition coefficient (Wildman–Crippen LogP) is 1.86. The zero-order valence-electron chi connectivity index (χ0n) is 11.5. The molecule has 106 valence electrons. The van der Waals surface area contributed by atoms with E-state index in [1.807, 2.05) is 20.8 Å². The molecule has 1 aromatic rings. The third kappa shape index (κ3) is 4.17. The van der Waals surface area contributed by atoms with Gasteiger partial charge in [-0.25, -0.2) is 4.98 Å². The summed E-state index contributed by atoms with van der Waals surface area (Å²) in [6.45, 7) is 8.97. The van der Waals surface area contributed by atoms with E-state index >= 15 is 0 Å². The van der Waals surface area contributed by atoms with Gasteiger partial charge in [0, 0.05) is 19.3 Å². The number of anilines is 1. The minimum Gasteiger partial charge on any atom is -0.591 e. The summed E-state index contributed by atoms with van der Waals surface area (Å²) in [5.41, 5.74) is 0. The molecule has 2 rings (SSSR count). The van der Waals surface area contributed by atoms with Crippen LogP contribution in [-0.4, -0.2) is 46.8 Å². The first-order valence-corrected chi connectivity index (χ1v) is 8.14. The fourth-order valence-electron chi connectivity index (χ4n) is 1.50. The van der Waals surface area contributed by atoms with Crippen LogP contribution >= 0.6 is 11.3 Å². The molecule has 0 N–H and O–H groups in total. The summed E-state index contributed by atoms with van der Waals surface area (Å²) in [6.07, 6.45) is 3.43. The Hall–Kier alpha value is -0.630. The molecule has 0 bridgehead atoms. The van der Waals surface area contributed by atoms with Crippen LogP contribution in [-0.2, 0) is 16.1 Å². The van der Waals surface area contributed by atoms with E-state index < -0.39 is 11.4 Å². The number of morpholine rings is 1. The van der Waals surface area contributed by atoms with E-state index in [0.717, 1.165) is 36.3 Å². The van der Waals surface area contributed by atoms with Crippen LogP contribution in [0.25, 0.3) is 0 Å². The smallest absolute Gasteiger partial charge is 0.186 e. The summed E-state index contributed by atoms with van der Waals surface area (Å²) in [5.74, 6) is 0. The molecule has 2 heterocycles. The van der Waals surface area contributed by atoms with Crippen LogP contribution in [0.5, 0.6) is 0 Å². The molecule has 1 fully saturated rings. The Kier molecular flexibility index (Phi) is 4.83. The summed E-state index contributed by atoms with van der Waals surface area (Å²) < 4.78 is 20.9. The van der Waals surface area contributed by atoms with E-state index in [0.29, 0.717) is 0 Å². The maximum Gasteiger partial charge on any atom is 0.186 e. The number of aromatic nitrogens is 1. The van der Waals surface area contributed by atoms with E-state index in [4.69, 9.17) is 4.74 Å². The molecule has 0 radical (unpaired) electrons. The highest BCUT2D eigenvalue weighted by Crippen LogP contribution is 2.23. The first-order valence-electron chi connectivity index (χ1n) is 6.21. The Balaban J connectivity index is 1.99. The molecule has 0 amide bonds. The average molecular weight is 301 g/mol. The molecule has 0 spiro atoms. The largest absolute Gasteiger partial charge is 0.591 e. The lowest BCUT2D eigenvalue weighted by atomic mass is 10.3. The Labute approximate surface area is 121 Å². The van der Waals surface area contributed by atoms with E-state index in [1.165, 1.54) is 0 Å². The highest BCUT2D eigenvalue weighted by Gasteiger charge is 2.26. The summed E-state index contributed by atoms with van der Waals surface area (Å²) in [7, 11) is 0. The van der Waals surface area contributed by atoms with E-state index in [2.05, 4.69) is 14.3 Å². The van der Waals surface area contributed by atoms with Gasteiger partial charge in [0.15, 0.2) is 5.13 Å². The number of thiazole rings is 1. The number of hydrogen-bond donors (Lipinski definition) is 0. The van der Waals surface area contributed by atoms with Crippen LogP contribution in [0.15, 0.2) is 10.6 Å². The Morgan fingerprint density at radius 2 is 2.16 bits per heavy atom. The van der Waals surface area contributed by atoms with Gasteiger partial charge in [0.1, 0.15) is 16.1 Å². The normalized spacial score (nSPS) is 19.1. The van der Waals surface area contributed by atoms with Crippen molar-refractivity contribution in [1.29, 1.82) is 0 Å². The van der Waals surface area contributed by atoms with Crippen LogP contribution in [0.3, 0.4) is 0 Å². The SMILES string of the molecule is CC(C)(C)[S+]([O-])N=Cc1cnc(N2CCOCC2)s1. The minimum atomic E-state index is -1.22. The van der Waals surface area contributed by atoms with E-state index in [9.17, 15) is 4.55 Å². The van der Waals surface area contributed by atoms with Crippen molar-refractivity contribution < 1.29 is 9.29 Å². The van der Waals surface area contributed by atoms with Gasteiger partial charge in [-0.2, -0.15) is 0 Å². The van der Waals surface area contributed by atoms with Crippen molar-refractivity contribution in [1.82, 2.24) is 4.98 Å². The topological polar surface area (TPSA) is 60.8 Å². The summed E-state index contributed by atoms with van der Waals surface area (Å²) in [5, 5.41) is 0.978. The quantitative estimate of drug-likeness (QED) is 0.631. The standard InChI is InChI=1S/C12H19N3O2S2/c1-12(2,3)19(16)14-9-10-8-13-11(18-10)15-4-6-17-7-5-15/h8-9H,4-7H2,1-3H3. The van der Waals surface area contributed by atoms with E-state index in [1.54, 1.807) is 23.7 Å². The van der Waals surface area contributed by atoms with Crippen LogP contribution < -0.4 is 4.90 Å². The van der Waals surface area contributed by atoms with Gasteiger partial charge in [-0.1, -0.05) is 15.7 Å². The lowest BCUT2D eigenvalue weighted by Crippen LogP contribution is -2.36. The van der Waals surface area contributed by atoms with Crippen molar-refractivity contribution >= 4 is 34.0 Å². The molecule has 5 nitrogen and oxygen atoms in total. The lowest BCUT2D eigenvalue weighted by molar-refractivity contribution is 0.122. The highest BCUT2D eigenvalue weighted by atomic mass is 32.2. The molecule has 0 aliphatic carbocycles. The van der Waals surface area contributed by atoms with Crippen molar-refractivity contribution in [3.63, 3.8) is 0 Å². The predicted molar refractivity (Wildman–Crippen MR) is 80.6 cm³/mol. The third-order valence-corrected chi connectivity index (χ3v) is 4.93. The molecular weight excluding hydrogens is 282 g/mol. The average Bonchev–Trinajstić information content (AvgIpc) is 2.84. The molecule has 7 heteroatoms. The van der Waals surface area contributed by atoms with Crippen LogP contribution in [0.1, 0.15) is 25.6 Å². The van der Waals surface area contributed by atoms with Crippen LogP contribution in [0.4, 0.5) is 5.13 Å². The second kappa shape index (κ2) is 6.21. The Bertz CT molecular complexity index is 436. The lowest BCUT2D eigenvalue weighted by Gasteiger charge is -2.25. The number of ether oxygens (including phenoxy) is 1. The van der Waals surface area contributed by atoms with Crippen molar-refractivity contribution in [3.05, 3.63) is 11.1 Å². The van der Waals surface area contributed by atoms with Crippen molar-refractivity contribution in [3.8, 4) is 0 Å². The number of hydrogen-bond acceptors (Lipinski definition) is 6. The van der Waals surface area contributed by atoms with Gasteiger partial charge >= 0.3 is 0 Å². The van der Waals surface area contributed by atoms with Crippen LogP contribution in [0, 0.1) is 0 Å². The molecule has 1 aliphatic heterocycles. The summed E-state index contributed by atoms with van der Waals surface area (Å²) in [4.78, 5) is 7.51. The second-order valence-corrected chi connectivity index (χ2v) is 8.22. The Morgan fingerprint density at radius 1 is 1.47 bits per heavy atom. The van der Waals surface area contributed by atoms with E-state index in [-0.39, 0.29) is 4.75 Å². The number of rotatable bonds is 3. The van der Waals surface area contributed by atoms with Gasteiger partial charge in [-0.3, -0.25) is 0 Å². The molecule has 1 atom stereocenters. The van der Waals surface area contributed by atoms with Gasteiger partial charge in [0.2, 0.25) is 0 Å². The summed E-state index contributed by atoms with van der Waals surface area (Å²) >= 11 is 0.349. The minimum absolute atomic E-state index is 0.325. The van der Waals surface area contributed by atoms with Crippen molar-refractivity contribution in [2.24, 2.45) is 4.40 Å². The number of nitrogens with zero attached hydrogens (tertiary/aromatic N) is 3. The Morgan fingerprint density at radius 3 is 2.79 bits per heavy atom. The van der Waals surface area contributed by atoms with Gasteiger partial charge in [-0.15, -0.1) is 0 Å². The second-order valence-electron chi connectivity index (χ2n) is 5.24. The molecule has 0 saturated carbocycles. The zero-order valence-corrected chi connectivity index (χ0v) is 13.1. The molecule has 1 unspecified atom stereocenters. The first-order chi connectivity index (χ1) is 8.97. The molecule has 1 aromatic heterocycles. The van der Waals surface area contributed by atoms with Gasteiger partial charge in [0.25, 0.3) is 0 Å². The van der Waals surface area contributed by atoms with Gasteiger partial charge < -0.3 is 14.2 Å². The maximum atomic E-state index is 11.8. The molecule has 1 aliphatic rings. The van der Waals surface area contributed by atoms with Gasteiger partial charge in [0.05, 0.1) is 24.3 Å². The first kappa shape index (κ1) is 14.8.